The smallest absolute Gasteiger partial charge is 0.406 e. The Bertz CT molecular complexity index is 1470. The van der Waals surface area contributed by atoms with E-state index >= 15 is 0 Å². The molecule has 4 fully saturated rings. The van der Waals surface area contributed by atoms with Gasteiger partial charge in [-0.15, -0.1) is 0 Å². The molecule has 18 heteroatoms. The van der Waals surface area contributed by atoms with Crippen LogP contribution in [0, 0.1) is 10.8 Å². The second-order valence-electron chi connectivity index (χ2n) is 12.3. The standard InChI is InChI=1S/C26H32F3N9O6/c1-23(2)6-7-44-17-12(4-3-5-13(17)23)19(40)33-15-9-38-21(31)32-14(18-25(38,26(15,42)43)35-20(30)34-18)8-37-16(39)10-36(22(37)41)11-24(27,28)29/h3-5,14-15,18,42-43H,6-11H2,1-2H3,(H2,31,32)(H,33,40)(H3,30,34,35)/t14-,15?,18?,25?/m0/s1. The van der Waals surface area contributed by atoms with E-state index in [4.69, 9.17) is 15.6 Å². The second-order valence-corrected chi connectivity index (χ2v) is 12.3. The van der Waals surface area contributed by atoms with Crippen LogP contribution in [-0.4, -0.2) is 123 Å². The van der Waals surface area contributed by atoms with Crippen LogP contribution in [-0.2, 0) is 10.2 Å². The van der Waals surface area contributed by atoms with Gasteiger partial charge in [-0.2, -0.15) is 13.2 Å². The monoisotopic (exact) mass is 623 g/mol. The predicted molar refractivity (Wildman–Crippen MR) is 145 cm³/mol. The molecule has 5 aliphatic rings. The Morgan fingerprint density at radius 2 is 1.93 bits per heavy atom. The minimum Gasteiger partial charge on any atom is -0.492 e. The van der Waals surface area contributed by atoms with Crippen molar-refractivity contribution in [1.29, 1.82) is 10.8 Å². The Morgan fingerprint density at radius 3 is 2.64 bits per heavy atom. The summed E-state index contributed by atoms with van der Waals surface area (Å²) in [4.78, 5) is 41.0. The Hall–Kier alpha value is -4.32. The summed E-state index contributed by atoms with van der Waals surface area (Å²) in [6, 6.07) is 0.121. The van der Waals surface area contributed by atoms with Gasteiger partial charge in [0.05, 0.1) is 30.8 Å². The Kier molecular flexibility index (Phi) is 6.48. The number of rotatable bonds is 5. The van der Waals surface area contributed by atoms with Gasteiger partial charge in [-0.25, -0.2) is 4.79 Å². The molecule has 0 radical (unpaired) electrons. The van der Waals surface area contributed by atoms with Gasteiger partial charge in [0.1, 0.15) is 24.9 Å². The van der Waals surface area contributed by atoms with E-state index in [1.165, 1.54) is 4.90 Å². The van der Waals surface area contributed by atoms with Crippen molar-refractivity contribution >= 4 is 29.8 Å². The van der Waals surface area contributed by atoms with Crippen molar-refractivity contribution in [2.45, 2.75) is 61.4 Å². The highest BCUT2D eigenvalue weighted by Crippen LogP contribution is 2.44. The molecular weight excluding hydrogens is 591 g/mol. The number of benzene rings is 1. The number of guanidine groups is 2. The van der Waals surface area contributed by atoms with Crippen molar-refractivity contribution < 1.29 is 42.5 Å². The van der Waals surface area contributed by atoms with Crippen LogP contribution in [0.15, 0.2) is 18.2 Å². The van der Waals surface area contributed by atoms with Crippen LogP contribution in [0.25, 0.3) is 0 Å². The topological polar surface area (TPSA) is 206 Å². The molecule has 1 spiro atoms. The van der Waals surface area contributed by atoms with Gasteiger partial charge >= 0.3 is 12.2 Å². The number of imide groups is 1. The maximum absolute atomic E-state index is 13.6. The van der Waals surface area contributed by atoms with E-state index in [9.17, 15) is 37.8 Å². The lowest BCUT2D eigenvalue weighted by Gasteiger charge is -2.51. The molecule has 1 aromatic rings. The maximum Gasteiger partial charge on any atom is 0.406 e. The number of carbonyl (C=O) groups is 3. The number of nitrogens with zero attached hydrogens (tertiary/aromatic N) is 3. The molecule has 5 aliphatic heterocycles. The fourth-order valence-electron chi connectivity index (χ4n) is 6.83. The third-order valence-corrected chi connectivity index (χ3v) is 9.04. The highest BCUT2D eigenvalue weighted by molar-refractivity contribution is 6.02. The number of hydrogen-bond donors (Lipinski definition) is 8. The lowest BCUT2D eigenvalue weighted by atomic mass is 9.79. The molecule has 3 unspecified atom stereocenters. The van der Waals surface area contributed by atoms with Crippen LogP contribution in [0.4, 0.5) is 18.0 Å². The normalized spacial score (nSPS) is 30.2. The molecule has 6 rings (SSSR count). The molecule has 0 aliphatic carbocycles. The highest BCUT2D eigenvalue weighted by atomic mass is 19.4. The van der Waals surface area contributed by atoms with E-state index in [2.05, 4.69) is 21.3 Å². The van der Waals surface area contributed by atoms with Crippen molar-refractivity contribution in [1.82, 2.24) is 36.0 Å². The van der Waals surface area contributed by atoms with Gasteiger partial charge in [0.2, 0.25) is 11.7 Å². The van der Waals surface area contributed by atoms with Crippen molar-refractivity contribution in [3.63, 3.8) is 0 Å². The third-order valence-electron chi connectivity index (χ3n) is 9.04. The molecular formula is C26H32F3N9O6. The molecule has 4 amide bonds. The van der Waals surface area contributed by atoms with Crippen LogP contribution in [0.3, 0.4) is 0 Å². The third kappa shape index (κ3) is 4.37. The number of urea groups is 1. The Labute approximate surface area is 248 Å². The number of aliphatic hydroxyl groups is 2. The van der Waals surface area contributed by atoms with Gasteiger partial charge in [-0.05, 0) is 17.9 Å². The number of alkyl halides is 3. The second kappa shape index (κ2) is 9.59. The zero-order valence-corrected chi connectivity index (χ0v) is 23.7. The van der Waals surface area contributed by atoms with E-state index in [0.717, 1.165) is 12.0 Å². The van der Waals surface area contributed by atoms with Crippen molar-refractivity contribution in [2.24, 2.45) is 0 Å². The predicted octanol–water partition coefficient (Wildman–Crippen LogP) is -1.23. The van der Waals surface area contributed by atoms with Gasteiger partial charge in [0.15, 0.2) is 17.6 Å². The van der Waals surface area contributed by atoms with Crippen molar-refractivity contribution in [3.05, 3.63) is 29.3 Å². The SMILES string of the molecule is CC1(C)CCOc2c(C(=O)NC3CN4C(=N)N[C@@H](CN5C(=O)CN(CC(F)(F)F)C5=O)C5NC(=N)NC54C3(O)O)cccc21. The molecule has 44 heavy (non-hydrogen) atoms. The molecule has 0 bridgehead atoms. The summed E-state index contributed by atoms with van der Waals surface area (Å²) in [5.74, 6) is -4.82. The van der Waals surface area contributed by atoms with E-state index in [1.54, 1.807) is 12.1 Å². The summed E-state index contributed by atoms with van der Waals surface area (Å²) in [5.41, 5.74) is -1.32. The molecule has 0 saturated carbocycles. The molecule has 238 valence electrons. The van der Waals surface area contributed by atoms with Crippen LogP contribution < -0.4 is 26.0 Å². The molecule has 4 saturated heterocycles. The average Bonchev–Trinajstić information content (AvgIpc) is 3.48. The van der Waals surface area contributed by atoms with Gasteiger partial charge in [-0.1, -0.05) is 26.0 Å². The fourth-order valence-corrected chi connectivity index (χ4v) is 6.83. The number of ether oxygens (including phenoxy) is 1. The van der Waals surface area contributed by atoms with Crippen LogP contribution >= 0.6 is 0 Å². The first-order chi connectivity index (χ1) is 20.5. The molecule has 1 aromatic carbocycles. The first-order valence-corrected chi connectivity index (χ1v) is 13.9. The number of carbonyl (C=O) groups excluding carboxylic acids is 3. The summed E-state index contributed by atoms with van der Waals surface area (Å²) < 4.78 is 44.7. The average molecular weight is 624 g/mol. The van der Waals surface area contributed by atoms with E-state index in [-0.39, 0.29) is 23.5 Å². The maximum atomic E-state index is 13.6. The number of fused-ring (bicyclic) bond motifs is 1. The van der Waals surface area contributed by atoms with Crippen LogP contribution in [0.1, 0.15) is 36.2 Å². The summed E-state index contributed by atoms with van der Waals surface area (Å²) in [7, 11) is 0. The zero-order valence-electron chi connectivity index (χ0n) is 23.7. The molecule has 15 nitrogen and oxygen atoms in total. The summed E-state index contributed by atoms with van der Waals surface area (Å²) >= 11 is 0. The van der Waals surface area contributed by atoms with E-state index in [0.29, 0.717) is 22.2 Å². The Balaban J connectivity index is 1.27. The number of halogens is 3. The lowest BCUT2D eigenvalue weighted by Crippen LogP contribution is -2.81. The first kappa shape index (κ1) is 29.7. The van der Waals surface area contributed by atoms with Gasteiger partial charge in [0.25, 0.3) is 5.91 Å². The number of para-hydroxylation sites is 1. The summed E-state index contributed by atoms with van der Waals surface area (Å²) in [6.45, 7) is 1.15. The molecule has 0 aromatic heterocycles. The first-order valence-electron chi connectivity index (χ1n) is 13.9. The van der Waals surface area contributed by atoms with Crippen molar-refractivity contribution in [2.75, 3.05) is 32.8 Å². The fraction of sp³-hybridized carbons (Fsp3) is 0.577. The van der Waals surface area contributed by atoms with Crippen LogP contribution in [0.2, 0.25) is 0 Å². The largest absolute Gasteiger partial charge is 0.492 e. The van der Waals surface area contributed by atoms with Gasteiger partial charge < -0.3 is 46.0 Å². The van der Waals surface area contributed by atoms with E-state index in [1.807, 2.05) is 19.9 Å². The number of hydrogen-bond acceptors (Lipinski definition) is 8. The number of amides is 4. The summed E-state index contributed by atoms with van der Waals surface area (Å²) in [5, 5.41) is 51.1. The van der Waals surface area contributed by atoms with Crippen molar-refractivity contribution in [3.8, 4) is 5.75 Å². The molecule has 5 heterocycles. The molecule has 4 atom stereocenters. The lowest BCUT2D eigenvalue weighted by molar-refractivity contribution is -0.232. The quantitative estimate of drug-likeness (QED) is 0.145. The van der Waals surface area contributed by atoms with Gasteiger partial charge in [-0.3, -0.25) is 25.3 Å². The Morgan fingerprint density at radius 1 is 1.20 bits per heavy atom. The number of nitrogens with one attached hydrogen (secondary N) is 6. The van der Waals surface area contributed by atoms with E-state index < -0.39 is 79.2 Å². The van der Waals surface area contributed by atoms with Crippen LogP contribution in [0.5, 0.6) is 5.75 Å². The highest BCUT2D eigenvalue weighted by Gasteiger charge is 2.74. The minimum atomic E-state index is -4.73. The van der Waals surface area contributed by atoms with Gasteiger partial charge in [0, 0.05) is 12.1 Å². The zero-order chi connectivity index (χ0) is 32.0. The minimum absolute atomic E-state index is 0.177. The molecule has 8 N–H and O–H groups in total. The summed E-state index contributed by atoms with van der Waals surface area (Å²) in [6.07, 6.45) is -4.00.